The molecule has 0 radical (unpaired) electrons. The number of hydrogen-bond donors (Lipinski definition) is 2. The van der Waals surface area contributed by atoms with Crippen molar-refractivity contribution in [3.05, 3.63) is 34.3 Å². The van der Waals surface area contributed by atoms with E-state index in [2.05, 4.69) is 21.2 Å². The third-order valence-electron chi connectivity index (χ3n) is 2.78. The van der Waals surface area contributed by atoms with Gasteiger partial charge in [0.1, 0.15) is 0 Å². The molecule has 2 rings (SSSR count). The van der Waals surface area contributed by atoms with Crippen molar-refractivity contribution in [3.63, 3.8) is 0 Å². The Kier molecular flexibility index (Phi) is 4.12. The zero-order chi connectivity index (χ0) is 12.3. The van der Waals surface area contributed by atoms with E-state index >= 15 is 0 Å². The van der Waals surface area contributed by atoms with E-state index in [1.807, 2.05) is 18.2 Å². The van der Waals surface area contributed by atoms with Gasteiger partial charge in [0, 0.05) is 16.8 Å². The Balaban J connectivity index is 1.96. The average Bonchev–Trinajstić information content (AvgIpc) is 2.74. The first-order chi connectivity index (χ1) is 8.11. The molecule has 1 heterocycles. The molecule has 1 aliphatic heterocycles. The summed E-state index contributed by atoms with van der Waals surface area (Å²) in [6.45, 7) is 0.320. The van der Waals surface area contributed by atoms with Crippen LogP contribution in [0.5, 0.6) is 0 Å². The molecule has 0 aliphatic carbocycles. The maximum absolute atomic E-state index is 11.9. The lowest BCUT2D eigenvalue weighted by Crippen LogP contribution is -2.43. The van der Waals surface area contributed by atoms with Crippen molar-refractivity contribution in [2.45, 2.75) is 12.0 Å². The van der Waals surface area contributed by atoms with E-state index in [0.717, 1.165) is 16.6 Å². The second kappa shape index (κ2) is 5.42. The Labute approximate surface area is 113 Å². The summed E-state index contributed by atoms with van der Waals surface area (Å²) < 4.78 is 0.769. The molecule has 1 amide bonds. The summed E-state index contributed by atoms with van der Waals surface area (Å²) in [4.78, 5) is 11.9. The van der Waals surface area contributed by atoms with Gasteiger partial charge >= 0.3 is 0 Å². The molecule has 0 aromatic heterocycles. The molecule has 0 spiro atoms. The lowest BCUT2D eigenvalue weighted by atomic mass is 10.0. The van der Waals surface area contributed by atoms with Gasteiger partial charge in [-0.25, -0.2) is 0 Å². The lowest BCUT2D eigenvalue weighted by molar-refractivity contribution is 0.0612. The van der Waals surface area contributed by atoms with Crippen molar-refractivity contribution in [1.82, 2.24) is 5.32 Å². The zero-order valence-corrected chi connectivity index (χ0v) is 11.7. The van der Waals surface area contributed by atoms with Crippen LogP contribution in [0.1, 0.15) is 16.8 Å². The molecule has 92 valence electrons. The van der Waals surface area contributed by atoms with E-state index < -0.39 is 5.60 Å². The largest absolute Gasteiger partial charge is 0.387 e. The Hall–Kier alpha value is -0.520. The number of aliphatic hydroxyl groups is 1. The van der Waals surface area contributed by atoms with E-state index in [9.17, 15) is 9.90 Å². The Morgan fingerprint density at radius 1 is 1.53 bits per heavy atom. The highest BCUT2D eigenvalue weighted by molar-refractivity contribution is 9.10. The maximum atomic E-state index is 11.9. The monoisotopic (exact) mass is 315 g/mol. The topological polar surface area (TPSA) is 49.3 Å². The molecule has 1 unspecified atom stereocenters. The Bertz CT molecular complexity index is 419. The maximum Gasteiger partial charge on any atom is 0.252 e. The fraction of sp³-hybridized carbons (Fsp3) is 0.417. The van der Waals surface area contributed by atoms with Gasteiger partial charge in [-0.05, 0) is 40.2 Å². The fourth-order valence-electron chi connectivity index (χ4n) is 1.72. The third-order valence-corrected chi connectivity index (χ3v) is 4.70. The van der Waals surface area contributed by atoms with Gasteiger partial charge in [0.05, 0.1) is 11.2 Å². The summed E-state index contributed by atoms with van der Waals surface area (Å²) in [6.07, 6.45) is 0.744. The van der Waals surface area contributed by atoms with Crippen molar-refractivity contribution in [3.8, 4) is 0 Å². The number of halogens is 1. The van der Waals surface area contributed by atoms with Gasteiger partial charge in [-0.1, -0.05) is 12.1 Å². The molecule has 1 saturated heterocycles. The molecule has 0 bridgehead atoms. The molecule has 1 aromatic rings. The van der Waals surface area contributed by atoms with E-state index in [-0.39, 0.29) is 5.91 Å². The molecule has 1 atom stereocenters. The number of thioether (sulfide) groups is 1. The highest BCUT2D eigenvalue weighted by Gasteiger charge is 2.32. The summed E-state index contributed by atoms with van der Waals surface area (Å²) in [5.74, 6) is 1.51. The highest BCUT2D eigenvalue weighted by Crippen LogP contribution is 2.27. The number of benzene rings is 1. The smallest absolute Gasteiger partial charge is 0.252 e. The molecule has 3 nitrogen and oxygen atoms in total. The van der Waals surface area contributed by atoms with Crippen LogP contribution in [0.2, 0.25) is 0 Å². The number of rotatable bonds is 3. The van der Waals surface area contributed by atoms with E-state index in [1.54, 1.807) is 17.8 Å². The number of hydrogen-bond acceptors (Lipinski definition) is 3. The number of amides is 1. The molecule has 5 heteroatoms. The van der Waals surface area contributed by atoms with Crippen molar-refractivity contribution in [2.75, 3.05) is 18.1 Å². The molecular formula is C12H14BrNO2S. The standard InChI is InChI=1S/C12H14BrNO2S/c13-10-4-2-1-3-9(10)11(15)14-7-12(16)5-6-17-8-12/h1-4,16H,5-8H2,(H,14,15). The van der Waals surface area contributed by atoms with Crippen LogP contribution in [0.25, 0.3) is 0 Å². The normalized spacial score (nSPS) is 23.6. The van der Waals surface area contributed by atoms with Gasteiger partial charge in [0.15, 0.2) is 0 Å². The van der Waals surface area contributed by atoms with Crippen LogP contribution in [0.15, 0.2) is 28.7 Å². The van der Waals surface area contributed by atoms with E-state index in [0.29, 0.717) is 17.9 Å². The summed E-state index contributed by atoms with van der Waals surface area (Å²) in [7, 11) is 0. The molecule has 17 heavy (non-hydrogen) atoms. The Morgan fingerprint density at radius 3 is 2.94 bits per heavy atom. The van der Waals surface area contributed by atoms with Crippen LogP contribution < -0.4 is 5.32 Å². The third kappa shape index (κ3) is 3.24. The van der Waals surface area contributed by atoms with E-state index in [4.69, 9.17) is 0 Å². The quantitative estimate of drug-likeness (QED) is 0.897. The second-order valence-electron chi connectivity index (χ2n) is 4.19. The minimum Gasteiger partial charge on any atom is -0.387 e. The highest BCUT2D eigenvalue weighted by atomic mass is 79.9. The number of carbonyl (C=O) groups is 1. The van der Waals surface area contributed by atoms with Crippen molar-refractivity contribution in [2.24, 2.45) is 0 Å². The summed E-state index contributed by atoms with van der Waals surface area (Å²) in [6, 6.07) is 7.27. The van der Waals surface area contributed by atoms with Crippen LogP contribution in [-0.4, -0.2) is 34.7 Å². The van der Waals surface area contributed by atoms with Crippen molar-refractivity contribution < 1.29 is 9.90 Å². The first-order valence-corrected chi connectivity index (χ1v) is 7.38. The zero-order valence-electron chi connectivity index (χ0n) is 9.28. The van der Waals surface area contributed by atoms with Crippen LogP contribution in [0.4, 0.5) is 0 Å². The van der Waals surface area contributed by atoms with Crippen LogP contribution >= 0.6 is 27.7 Å². The van der Waals surface area contributed by atoms with Crippen LogP contribution in [0, 0.1) is 0 Å². The predicted molar refractivity (Wildman–Crippen MR) is 73.4 cm³/mol. The van der Waals surface area contributed by atoms with Gasteiger partial charge in [-0.2, -0.15) is 11.8 Å². The number of nitrogens with one attached hydrogen (secondary N) is 1. The van der Waals surface area contributed by atoms with Crippen molar-refractivity contribution >= 4 is 33.6 Å². The van der Waals surface area contributed by atoms with Gasteiger partial charge in [0.2, 0.25) is 0 Å². The first-order valence-electron chi connectivity index (χ1n) is 5.44. The van der Waals surface area contributed by atoms with Crippen LogP contribution in [-0.2, 0) is 0 Å². The molecule has 1 aliphatic rings. The molecule has 2 N–H and O–H groups in total. The van der Waals surface area contributed by atoms with E-state index in [1.165, 1.54) is 0 Å². The summed E-state index contributed by atoms with van der Waals surface area (Å²) in [5, 5.41) is 12.9. The van der Waals surface area contributed by atoms with Gasteiger partial charge in [0.25, 0.3) is 5.91 Å². The summed E-state index contributed by atoms with van der Waals surface area (Å²) >= 11 is 5.06. The first kappa shape index (κ1) is 12.9. The average molecular weight is 316 g/mol. The summed E-state index contributed by atoms with van der Waals surface area (Å²) in [5.41, 5.74) is -0.136. The molecule has 1 fully saturated rings. The predicted octanol–water partition coefficient (Wildman–Crippen LogP) is 2.05. The fourth-order valence-corrected chi connectivity index (χ4v) is 3.48. The molecule has 1 aromatic carbocycles. The number of carbonyl (C=O) groups excluding carboxylic acids is 1. The van der Waals surface area contributed by atoms with Crippen LogP contribution in [0.3, 0.4) is 0 Å². The van der Waals surface area contributed by atoms with Gasteiger partial charge in [-0.3, -0.25) is 4.79 Å². The minimum absolute atomic E-state index is 0.150. The SMILES string of the molecule is O=C(NCC1(O)CCSC1)c1ccccc1Br. The van der Waals surface area contributed by atoms with Crippen molar-refractivity contribution in [1.29, 1.82) is 0 Å². The lowest BCUT2D eigenvalue weighted by Gasteiger charge is -2.21. The van der Waals surface area contributed by atoms with Gasteiger partial charge < -0.3 is 10.4 Å². The second-order valence-corrected chi connectivity index (χ2v) is 6.15. The van der Waals surface area contributed by atoms with Gasteiger partial charge in [-0.15, -0.1) is 0 Å². The Morgan fingerprint density at radius 2 is 2.29 bits per heavy atom. The molecular weight excluding hydrogens is 302 g/mol. The minimum atomic E-state index is -0.735. The molecule has 0 saturated carbocycles.